The third-order valence-corrected chi connectivity index (χ3v) is 6.72. The summed E-state index contributed by atoms with van der Waals surface area (Å²) in [6.45, 7) is 3.25. The number of carbonyl (C=O) groups excluding carboxylic acids is 3. The maximum Gasteiger partial charge on any atom is 0.251 e. The van der Waals surface area contributed by atoms with Gasteiger partial charge in [-0.1, -0.05) is 28.8 Å². The van der Waals surface area contributed by atoms with E-state index in [1.54, 1.807) is 56.4 Å². The molecular weight excluding hydrogens is 456 g/mol. The van der Waals surface area contributed by atoms with E-state index in [1.165, 1.54) is 23.7 Å². The second-order valence-electron chi connectivity index (χ2n) is 8.33. The Morgan fingerprint density at radius 2 is 2.03 bits per heavy atom. The Morgan fingerprint density at radius 1 is 1.26 bits per heavy atom. The van der Waals surface area contributed by atoms with Crippen LogP contribution in [0.4, 0.5) is 0 Å². The van der Waals surface area contributed by atoms with Gasteiger partial charge in [0.25, 0.3) is 5.91 Å². The van der Waals surface area contributed by atoms with Gasteiger partial charge in [0.15, 0.2) is 5.78 Å². The monoisotopic (exact) mass is 480 g/mol. The van der Waals surface area contributed by atoms with Gasteiger partial charge in [-0.05, 0) is 60.8 Å². The lowest BCUT2D eigenvalue weighted by molar-refractivity contribution is -0.130. The summed E-state index contributed by atoms with van der Waals surface area (Å²) in [5.41, 5.74) is 0.710. The molecule has 1 aliphatic heterocycles. The molecule has 3 unspecified atom stereocenters. The van der Waals surface area contributed by atoms with E-state index in [0.29, 0.717) is 11.1 Å². The quantitative estimate of drug-likeness (QED) is 0.472. The Hall–Kier alpha value is -3.63. The van der Waals surface area contributed by atoms with E-state index in [-0.39, 0.29) is 24.6 Å². The number of nitrogens with zero attached hydrogens (tertiary/aromatic N) is 2. The lowest BCUT2D eigenvalue weighted by atomic mass is 9.92. The molecule has 1 aliphatic rings. The van der Waals surface area contributed by atoms with Crippen molar-refractivity contribution < 1.29 is 24.2 Å². The summed E-state index contributed by atoms with van der Waals surface area (Å²) in [6, 6.07) is 12.4. The van der Waals surface area contributed by atoms with Crippen LogP contribution in [0, 0.1) is 0 Å². The van der Waals surface area contributed by atoms with E-state index < -0.39 is 29.5 Å². The fourth-order valence-electron chi connectivity index (χ4n) is 3.71. The summed E-state index contributed by atoms with van der Waals surface area (Å²) in [5, 5.41) is 19.2. The maximum absolute atomic E-state index is 13.3. The van der Waals surface area contributed by atoms with E-state index in [4.69, 9.17) is 4.74 Å². The molecule has 4 rings (SSSR count). The summed E-state index contributed by atoms with van der Waals surface area (Å²) in [7, 11) is 0. The van der Waals surface area contributed by atoms with Gasteiger partial charge < -0.3 is 20.5 Å². The van der Waals surface area contributed by atoms with Crippen LogP contribution in [0.5, 0.6) is 5.75 Å². The van der Waals surface area contributed by atoms with Crippen molar-refractivity contribution in [3.63, 3.8) is 0 Å². The van der Waals surface area contributed by atoms with Gasteiger partial charge in [-0.15, -0.1) is 5.10 Å². The molecule has 3 N–H and O–H groups in total. The third-order valence-electron chi connectivity index (χ3n) is 6.00. The summed E-state index contributed by atoms with van der Waals surface area (Å²) in [5.74, 6) is -1.14. The number of phenols is 1. The highest BCUT2D eigenvalue weighted by Crippen LogP contribution is 2.24. The summed E-state index contributed by atoms with van der Waals surface area (Å²) in [6.07, 6.45) is 1.26. The fourth-order valence-corrected chi connectivity index (χ4v) is 4.23. The van der Waals surface area contributed by atoms with E-state index in [1.807, 2.05) is 0 Å². The number of amides is 2. The van der Waals surface area contributed by atoms with Crippen molar-refractivity contribution in [1.29, 1.82) is 0 Å². The number of hydrogen-bond donors (Lipinski definition) is 3. The zero-order valence-electron chi connectivity index (χ0n) is 18.6. The molecule has 1 aromatic heterocycles. The molecule has 2 heterocycles. The smallest absolute Gasteiger partial charge is 0.251 e. The number of ketones is 1. The van der Waals surface area contributed by atoms with Gasteiger partial charge in [0, 0.05) is 12.0 Å². The van der Waals surface area contributed by atoms with Crippen LogP contribution in [0.3, 0.4) is 0 Å². The Balaban J connectivity index is 1.54. The topological polar surface area (TPSA) is 131 Å². The molecule has 0 aliphatic carbocycles. The van der Waals surface area contributed by atoms with Crippen LogP contribution in [0.25, 0.3) is 10.4 Å². The highest BCUT2D eigenvalue weighted by Gasteiger charge is 2.47. The minimum absolute atomic E-state index is 0.0519. The number of Topliss-reactive ketones (excluding diaryl/α,β-unsaturated/α-hetero) is 1. The lowest BCUT2D eigenvalue weighted by Crippen LogP contribution is -2.60. The van der Waals surface area contributed by atoms with Gasteiger partial charge in [0.1, 0.15) is 23.9 Å². The predicted octanol–water partition coefficient (Wildman–Crippen LogP) is 2.11. The molecule has 3 atom stereocenters. The van der Waals surface area contributed by atoms with Crippen molar-refractivity contribution in [2.75, 3.05) is 6.61 Å². The van der Waals surface area contributed by atoms with Gasteiger partial charge in [-0.2, -0.15) is 0 Å². The number of benzene rings is 2. The first-order chi connectivity index (χ1) is 16.3. The van der Waals surface area contributed by atoms with Crippen LogP contribution in [0.15, 0.2) is 54.7 Å². The first-order valence-electron chi connectivity index (χ1n) is 10.7. The predicted molar refractivity (Wildman–Crippen MR) is 125 cm³/mol. The molecule has 3 aromatic rings. The molecule has 2 amide bonds. The zero-order valence-corrected chi connectivity index (χ0v) is 19.5. The normalized spacial score (nSPS) is 20.6. The number of rotatable bonds is 7. The summed E-state index contributed by atoms with van der Waals surface area (Å²) < 4.78 is 9.23. The van der Waals surface area contributed by atoms with Crippen LogP contribution < -0.4 is 10.6 Å². The molecule has 1 fully saturated rings. The van der Waals surface area contributed by atoms with Crippen LogP contribution in [0.2, 0.25) is 0 Å². The van der Waals surface area contributed by atoms with E-state index >= 15 is 0 Å². The van der Waals surface area contributed by atoms with E-state index in [9.17, 15) is 19.5 Å². The summed E-state index contributed by atoms with van der Waals surface area (Å²) >= 11 is 1.25. The molecule has 0 radical (unpaired) electrons. The Kier molecular flexibility index (Phi) is 6.71. The number of aromatic hydroxyl groups is 1. The zero-order chi connectivity index (χ0) is 24.3. The molecule has 9 nitrogen and oxygen atoms in total. The molecule has 34 heavy (non-hydrogen) atoms. The molecule has 0 spiro atoms. The second kappa shape index (κ2) is 9.70. The second-order valence-corrected chi connectivity index (χ2v) is 9.11. The maximum atomic E-state index is 13.3. The van der Waals surface area contributed by atoms with Crippen molar-refractivity contribution in [2.45, 2.75) is 38.0 Å². The summed E-state index contributed by atoms with van der Waals surface area (Å²) in [4.78, 5) is 39.5. The Labute approximate surface area is 200 Å². The minimum atomic E-state index is -1.19. The van der Waals surface area contributed by atoms with Crippen molar-refractivity contribution in [3.8, 4) is 16.2 Å². The fraction of sp³-hybridized carbons (Fsp3) is 0.292. The van der Waals surface area contributed by atoms with Crippen molar-refractivity contribution in [3.05, 3.63) is 65.9 Å². The third kappa shape index (κ3) is 4.97. The number of phenolic OH excluding ortho intramolecular Hbond substituents is 1. The van der Waals surface area contributed by atoms with Crippen molar-refractivity contribution in [2.24, 2.45) is 0 Å². The van der Waals surface area contributed by atoms with Gasteiger partial charge in [0.2, 0.25) is 5.91 Å². The molecule has 0 saturated carbocycles. The highest BCUT2D eigenvalue weighted by molar-refractivity contribution is 7.09. The van der Waals surface area contributed by atoms with Gasteiger partial charge >= 0.3 is 0 Å². The van der Waals surface area contributed by atoms with Gasteiger partial charge in [-0.3, -0.25) is 14.4 Å². The first-order valence-corrected chi connectivity index (χ1v) is 11.5. The van der Waals surface area contributed by atoms with Gasteiger partial charge in [0.05, 0.1) is 17.2 Å². The Morgan fingerprint density at radius 3 is 2.65 bits per heavy atom. The molecule has 176 valence electrons. The molecule has 2 aromatic carbocycles. The van der Waals surface area contributed by atoms with Crippen molar-refractivity contribution in [1.82, 2.24) is 20.2 Å². The molecular formula is C24H24N4O5S. The molecule has 0 bridgehead atoms. The highest BCUT2D eigenvalue weighted by atomic mass is 32.1. The first kappa shape index (κ1) is 23.5. The largest absolute Gasteiger partial charge is 0.508 e. The Bertz CT molecular complexity index is 1200. The van der Waals surface area contributed by atoms with Crippen LogP contribution in [0.1, 0.15) is 29.8 Å². The van der Waals surface area contributed by atoms with Crippen LogP contribution in [-0.2, 0) is 20.7 Å². The molecule has 1 saturated heterocycles. The number of hydrogen-bond acceptors (Lipinski definition) is 8. The lowest BCUT2D eigenvalue weighted by Gasteiger charge is -2.30. The standard InChI is InChI=1S/C24H24N4O5S/c1-14-24(2,21(30)13-33-14)27-23(32)19(11-15-4-3-5-18(29)10-15)26-22(31)17-8-6-16(7-9-17)20-12-25-28-34-20/h3-10,12,14,19,29H,11,13H2,1-2H3,(H,26,31)(H,27,32). The van der Waals surface area contributed by atoms with Crippen molar-refractivity contribution >= 4 is 29.1 Å². The SMILES string of the molecule is CC1OCC(=O)C1(C)NC(=O)C(Cc1cccc(O)c1)NC(=O)c1ccc(-c2cnns2)cc1. The minimum Gasteiger partial charge on any atom is -0.508 e. The van der Waals surface area contributed by atoms with Crippen LogP contribution in [-0.4, -0.2) is 56.6 Å². The number of aromatic nitrogens is 2. The number of ether oxygens (including phenoxy) is 1. The van der Waals surface area contributed by atoms with E-state index in [0.717, 1.165) is 10.4 Å². The van der Waals surface area contributed by atoms with E-state index in [2.05, 4.69) is 20.2 Å². The number of nitrogens with one attached hydrogen (secondary N) is 2. The molecule has 10 heteroatoms. The average Bonchev–Trinajstić information content (AvgIpc) is 3.44. The van der Waals surface area contributed by atoms with Gasteiger partial charge in [-0.25, -0.2) is 0 Å². The van der Waals surface area contributed by atoms with Crippen LogP contribution >= 0.6 is 11.5 Å². The number of carbonyl (C=O) groups is 3. The average molecular weight is 481 g/mol.